The molecule has 0 spiro atoms. The van der Waals surface area contributed by atoms with Gasteiger partial charge in [0.25, 0.3) is 0 Å². The molecule has 3 saturated carbocycles. The Morgan fingerprint density at radius 2 is 1.41 bits per heavy atom. The second-order valence-electron chi connectivity index (χ2n) is 15.2. The summed E-state index contributed by atoms with van der Waals surface area (Å²) in [6.45, 7) is 9.20. The molecule has 3 aliphatic carbocycles. The molecule has 3 fully saturated rings. The summed E-state index contributed by atoms with van der Waals surface area (Å²) in [6, 6.07) is 7.38. The minimum absolute atomic E-state index is 0.109. The van der Waals surface area contributed by atoms with E-state index in [9.17, 15) is 26.3 Å². The van der Waals surface area contributed by atoms with Crippen LogP contribution in [0.4, 0.5) is 43.8 Å². The van der Waals surface area contributed by atoms with Crippen molar-refractivity contribution in [3.8, 4) is 0 Å². The van der Waals surface area contributed by atoms with Crippen molar-refractivity contribution in [1.82, 2.24) is 9.97 Å². The summed E-state index contributed by atoms with van der Waals surface area (Å²) in [4.78, 5) is 13.9. The number of alkyl halides is 6. The van der Waals surface area contributed by atoms with Gasteiger partial charge in [0.1, 0.15) is 17.5 Å². The van der Waals surface area contributed by atoms with Gasteiger partial charge in [-0.1, -0.05) is 6.07 Å². The fraction of sp³-hybridized carbons (Fsp3) is 0.541. The first-order valence-corrected chi connectivity index (χ1v) is 17.0. The quantitative estimate of drug-likeness (QED) is 0.138. The topological polar surface area (TPSA) is 68.1 Å². The number of nitrogens with one attached hydrogen (secondary N) is 2. The van der Waals surface area contributed by atoms with Crippen LogP contribution in [0.15, 0.2) is 42.6 Å². The highest BCUT2D eigenvalue weighted by Crippen LogP contribution is 2.42. The average Bonchev–Trinajstić information content (AvgIpc) is 3.84. The van der Waals surface area contributed by atoms with Crippen LogP contribution < -0.4 is 15.1 Å². The minimum atomic E-state index is -4.96. The first kappa shape index (κ1) is 35.0. The molecule has 2 N–H and O–H groups in total. The van der Waals surface area contributed by atoms with Crippen LogP contribution in [0, 0.1) is 17.2 Å². The summed E-state index contributed by atoms with van der Waals surface area (Å²) in [7, 11) is 0. The summed E-state index contributed by atoms with van der Waals surface area (Å²) < 4.78 is 83.2. The number of hydrogen-bond acceptors (Lipinski definition) is 6. The Morgan fingerprint density at radius 3 is 1.86 bits per heavy atom. The Morgan fingerprint density at radius 1 is 0.816 bits per heavy atom. The zero-order valence-corrected chi connectivity index (χ0v) is 28.4. The number of benzene rings is 1. The predicted octanol–water partition coefficient (Wildman–Crippen LogP) is 9.82. The lowest BCUT2D eigenvalue weighted by atomic mass is 10.0. The largest absolute Gasteiger partial charge is 0.416 e. The standard InChI is InChI=1S/C37H44F6N6/c1-22(44)31-15-28(34(46-33(31)47-35(2,3)4)49(18-23-5-6-23)19-24-7-8-24)21-48(32-12-11-27(17-45-32)26-9-10-26)20-25-13-29(36(38,39)40)16-30(14-25)37(41,42)43/h11-17,23-24,26,44H,5-10,18-21H2,1-4H3,(H,46,47). The van der Waals surface area contributed by atoms with Crippen molar-refractivity contribution < 1.29 is 26.3 Å². The molecule has 12 heteroatoms. The Hall–Kier alpha value is -3.83. The van der Waals surface area contributed by atoms with E-state index < -0.39 is 23.5 Å². The molecule has 0 unspecified atom stereocenters. The molecule has 0 radical (unpaired) electrons. The maximum Gasteiger partial charge on any atom is 0.416 e. The lowest BCUT2D eigenvalue weighted by molar-refractivity contribution is -0.143. The molecule has 0 saturated heterocycles. The third-order valence-electron chi connectivity index (χ3n) is 9.15. The Bertz CT molecular complexity index is 1620. The fourth-order valence-corrected chi connectivity index (χ4v) is 6.14. The highest BCUT2D eigenvalue weighted by Gasteiger charge is 2.37. The van der Waals surface area contributed by atoms with E-state index in [1.165, 1.54) is 0 Å². The van der Waals surface area contributed by atoms with Crippen LogP contribution in [0.3, 0.4) is 0 Å². The van der Waals surface area contributed by atoms with Gasteiger partial charge in [0.2, 0.25) is 0 Å². The van der Waals surface area contributed by atoms with Crippen molar-refractivity contribution in [2.24, 2.45) is 11.8 Å². The summed E-state index contributed by atoms with van der Waals surface area (Å²) >= 11 is 0. The second-order valence-corrected chi connectivity index (χ2v) is 15.2. The number of nitrogens with zero attached hydrogens (tertiary/aromatic N) is 4. The average molecular weight is 687 g/mol. The van der Waals surface area contributed by atoms with E-state index in [1.807, 2.05) is 32.9 Å². The third kappa shape index (κ3) is 9.25. The van der Waals surface area contributed by atoms with E-state index >= 15 is 0 Å². The lowest BCUT2D eigenvalue weighted by Crippen LogP contribution is -2.33. The van der Waals surface area contributed by atoms with E-state index in [0.29, 0.717) is 35.0 Å². The highest BCUT2D eigenvalue weighted by atomic mass is 19.4. The Labute approximate surface area is 283 Å². The van der Waals surface area contributed by atoms with Crippen LogP contribution in [-0.4, -0.2) is 34.3 Å². The molecule has 2 aromatic heterocycles. The van der Waals surface area contributed by atoms with Gasteiger partial charge >= 0.3 is 12.4 Å². The zero-order chi connectivity index (χ0) is 35.3. The molecule has 6 rings (SSSR count). The number of halogens is 6. The fourth-order valence-electron chi connectivity index (χ4n) is 6.14. The van der Waals surface area contributed by atoms with Gasteiger partial charge in [-0.2, -0.15) is 26.3 Å². The molecule has 0 bridgehead atoms. The van der Waals surface area contributed by atoms with E-state index in [1.54, 1.807) is 24.1 Å². The van der Waals surface area contributed by atoms with Gasteiger partial charge in [-0.25, -0.2) is 9.97 Å². The Balaban J connectivity index is 1.46. The van der Waals surface area contributed by atoms with Gasteiger partial charge in [-0.15, -0.1) is 0 Å². The van der Waals surface area contributed by atoms with Crippen LogP contribution in [0.2, 0.25) is 0 Å². The van der Waals surface area contributed by atoms with Crippen molar-refractivity contribution in [2.45, 2.75) is 103 Å². The highest BCUT2D eigenvalue weighted by molar-refractivity contribution is 6.01. The van der Waals surface area contributed by atoms with Crippen molar-refractivity contribution in [3.05, 3.63) is 76.0 Å². The van der Waals surface area contributed by atoms with Crippen molar-refractivity contribution in [3.63, 3.8) is 0 Å². The first-order valence-electron chi connectivity index (χ1n) is 17.0. The van der Waals surface area contributed by atoms with Crippen LogP contribution in [-0.2, 0) is 25.4 Å². The SMILES string of the molecule is CC(=N)c1cc(CN(Cc2cc(C(F)(F)F)cc(C(F)(F)F)c2)c2ccc(C3CC3)cn2)c(N(CC2CC2)CC2CC2)nc1NC(C)(C)C. The van der Waals surface area contributed by atoms with E-state index in [0.717, 1.165) is 80.7 Å². The van der Waals surface area contributed by atoms with Crippen LogP contribution in [0.1, 0.15) is 106 Å². The molecule has 0 atom stereocenters. The molecule has 6 nitrogen and oxygen atoms in total. The second kappa shape index (κ2) is 13.1. The monoisotopic (exact) mass is 686 g/mol. The lowest BCUT2D eigenvalue weighted by Gasteiger charge is -2.32. The van der Waals surface area contributed by atoms with Crippen molar-refractivity contribution >= 4 is 23.2 Å². The van der Waals surface area contributed by atoms with Crippen molar-refractivity contribution in [1.29, 1.82) is 5.41 Å². The van der Waals surface area contributed by atoms with E-state index in [4.69, 9.17) is 10.4 Å². The number of rotatable bonds is 13. The summed E-state index contributed by atoms with van der Waals surface area (Å²) in [6.07, 6.45) is -1.54. The van der Waals surface area contributed by atoms with E-state index in [-0.39, 0.29) is 36.0 Å². The third-order valence-corrected chi connectivity index (χ3v) is 9.15. The van der Waals surface area contributed by atoms with Gasteiger partial charge < -0.3 is 20.5 Å². The number of aromatic nitrogens is 2. The zero-order valence-electron chi connectivity index (χ0n) is 28.4. The summed E-state index contributed by atoms with van der Waals surface area (Å²) in [5.41, 5.74) is -0.523. The molecule has 264 valence electrons. The first-order chi connectivity index (χ1) is 22.9. The number of pyridine rings is 2. The summed E-state index contributed by atoms with van der Waals surface area (Å²) in [5, 5.41) is 12.1. The Kier molecular flexibility index (Phi) is 9.38. The van der Waals surface area contributed by atoms with Crippen molar-refractivity contribution in [2.75, 3.05) is 28.2 Å². The predicted molar refractivity (Wildman–Crippen MR) is 180 cm³/mol. The van der Waals surface area contributed by atoms with Crippen LogP contribution >= 0.6 is 0 Å². The summed E-state index contributed by atoms with van der Waals surface area (Å²) in [5.74, 6) is 3.22. The maximum absolute atomic E-state index is 13.9. The smallest absolute Gasteiger partial charge is 0.365 e. The normalized spacial score (nSPS) is 16.9. The molecule has 3 aliphatic rings. The molecule has 3 aromatic rings. The number of hydrogen-bond donors (Lipinski definition) is 2. The molecular weight excluding hydrogens is 642 g/mol. The van der Waals surface area contributed by atoms with Gasteiger partial charge in [-0.05, 0) is 125 Å². The number of anilines is 3. The molecule has 1 aromatic carbocycles. The molecule has 2 heterocycles. The molecule has 0 amide bonds. The van der Waals surface area contributed by atoms with Gasteiger partial charge in [0, 0.05) is 54.8 Å². The van der Waals surface area contributed by atoms with Gasteiger partial charge in [0.15, 0.2) is 0 Å². The molecule has 0 aliphatic heterocycles. The maximum atomic E-state index is 13.9. The van der Waals surface area contributed by atoms with Crippen LogP contribution in [0.5, 0.6) is 0 Å². The molecule has 49 heavy (non-hydrogen) atoms. The van der Waals surface area contributed by atoms with Gasteiger partial charge in [0.05, 0.1) is 11.1 Å². The van der Waals surface area contributed by atoms with Gasteiger partial charge in [-0.3, -0.25) is 0 Å². The van der Waals surface area contributed by atoms with Crippen LogP contribution in [0.25, 0.3) is 0 Å². The molecular formula is C37H44F6N6. The van der Waals surface area contributed by atoms with E-state index in [2.05, 4.69) is 15.2 Å². The minimum Gasteiger partial charge on any atom is -0.365 e.